The molecule has 0 bridgehead atoms. The average molecular weight is 280 g/mol. The second-order valence-corrected chi connectivity index (χ2v) is 4.02. The summed E-state index contributed by atoms with van der Waals surface area (Å²) in [7, 11) is 2.86. The van der Waals surface area contributed by atoms with Crippen molar-refractivity contribution in [1.82, 2.24) is 10.2 Å². The van der Waals surface area contributed by atoms with Gasteiger partial charge in [0, 0.05) is 12.7 Å². The Balaban J connectivity index is 2.57. The van der Waals surface area contributed by atoms with Crippen LogP contribution in [-0.2, 0) is 11.3 Å². The van der Waals surface area contributed by atoms with Crippen LogP contribution < -0.4 is 4.74 Å². The standard InChI is InChI=1S/C13H13FN2O4/c1-19-6-7-3-4-10(20-2)11(12(7)14)8-5-9(13(17)18)16-15-8/h3-5H,6H2,1-2H3,(H,15,16)(H,17,18). The fourth-order valence-corrected chi connectivity index (χ4v) is 1.84. The van der Waals surface area contributed by atoms with Crippen molar-refractivity contribution in [3.63, 3.8) is 0 Å². The molecule has 7 heteroatoms. The van der Waals surface area contributed by atoms with E-state index in [1.807, 2.05) is 0 Å². The topological polar surface area (TPSA) is 84.4 Å². The summed E-state index contributed by atoms with van der Waals surface area (Å²) < 4.78 is 24.5. The highest BCUT2D eigenvalue weighted by Crippen LogP contribution is 2.33. The van der Waals surface area contributed by atoms with E-state index in [0.29, 0.717) is 5.56 Å². The van der Waals surface area contributed by atoms with E-state index in [2.05, 4.69) is 10.2 Å². The largest absolute Gasteiger partial charge is 0.496 e. The van der Waals surface area contributed by atoms with Crippen LogP contribution >= 0.6 is 0 Å². The lowest BCUT2D eigenvalue weighted by atomic mass is 10.1. The monoisotopic (exact) mass is 280 g/mol. The van der Waals surface area contributed by atoms with E-state index in [4.69, 9.17) is 14.6 Å². The summed E-state index contributed by atoms with van der Waals surface area (Å²) in [5, 5.41) is 15.0. The highest BCUT2D eigenvalue weighted by molar-refractivity contribution is 5.87. The number of ether oxygens (including phenoxy) is 2. The number of carbonyl (C=O) groups is 1. The first-order chi connectivity index (χ1) is 9.58. The molecule has 2 rings (SSSR count). The van der Waals surface area contributed by atoms with Gasteiger partial charge >= 0.3 is 5.97 Å². The number of halogens is 1. The number of nitrogens with zero attached hydrogens (tertiary/aromatic N) is 1. The van der Waals surface area contributed by atoms with Gasteiger partial charge in [0.25, 0.3) is 0 Å². The molecule has 0 aliphatic rings. The van der Waals surface area contributed by atoms with E-state index in [1.165, 1.54) is 20.3 Å². The molecule has 0 atom stereocenters. The molecule has 1 heterocycles. The summed E-state index contributed by atoms with van der Waals surface area (Å²) >= 11 is 0. The zero-order valence-corrected chi connectivity index (χ0v) is 10.9. The fourth-order valence-electron chi connectivity index (χ4n) is 1.84. The van der Waals surface area contributed by atoms with E-state index in [9.17, 15) is 9.18 Å². The third kappa shape index (κ3) is 2.48. The molecule has 0 fully saturated rings. The molecule has 0 radical (unpaired) electrons. The number of carboxylic acids is 1. The van der Waals surface area contributed by atoms with Crippen molar-refractivity contribution < 1.29 is 23.8 Å². The molecule has 0 aliphatic carbocycles. The van der Waals surface area contributed by atoms with Crippen molar-refractivity contribution in [2.45, 2.75) is 6.61 Å². The van der Waals surface area contributed by atoms with Gasteiger partial charge in [0.15, 0.2) is 0 Å². The molecular formula is C13H13FN2O4. The molecule has 1 aromatic heterocycles. The first kappa shape index (κ1) is 14.0. The van der Waals surface area contributed by atoms with Crippen LogP contribution in [0.15, 0.2) is 18.2 Å². The number of nitrogens with one attached hydrogen (secondary N) is 1. The summed E-state index contributed by atoms with van der Waals surface area (Å²) in [5.41, 5.74) is 0.474. The highest BCUT2D eigenvalue weighted by Gasteiger charge is 2.19. The van der Waals surface area contributed by atoms with Gasteiger partial charge in [-0.05, 0) is 12.1 Å². The predicted molar refractivity (Wildman–Crippen MR) is 68.2 cm³/mol. The zero-order valence-electron chi connectivity index (χ0n) is 10.9. The Morgan fingerprint density at radius 1 is 1.45 bits per heavy atom. The normalized spacial score (nSPS) is 10.6. The number of aromatic amines is 1. The second-order valence-electron chi connectivity index (χ2n) is 4.02. The maximum absolute atomic E-state index is 14.4. The molecule has 0 amide bonds. The lowest BCUT2D eigenvalue weighted by Crippen LogP contribution is -1.99. The van der Waals surface area contributed by atoms with Crippen LogP contribution in [0, 0.1) is 5.82 Å². The number of carboxylic acid groups (broad SMARTS) is 1. The summed E-state index contributed by atoms with van der Waals surface area (Å²) in [5.74, 6) is -1.45. The van der Waals surface area contributed by atoms with Gasteiger partial charge in [-0.15, -0.1) is 0 Å². The summed E-state index contributed by atoms with van der Waals surface area (Å²) in [6.07, 6.45) is 0. The van der Waals surface area contributed by atoms with Crippen molar-refractivity contribution in [2.75, 3.05) is 14.2 Å². The number of hydrogen-bond acceptors (Lipinski definition) is 4. The first-order valence-corrected chi connectivity index (χ1v) is 5.71. The number of aromatic carboxylic acids is 1. The van der Waals surface area contributed by atoms with Crippen molar-refractivity contribution >= 4 is 5.97 Å². The maximum atomic E-state index is 14.4. The van der Waals surface area contributed by atoms with Crippen LogP contribution in [0.25, 0.3) is 11.3 Å². The van der Waals surface area contributed by atoms with Crippen molar-refractivity contribution in [1.29, 1.82) is 0 Å². The summed E-state index contributed by atoms with van der Waals surface area (Å²) in [6, 6.07) is 4.38. The quantitative estimate of drug-likeness (QED) is 0.875. The van der Waals surface area contributed by atoms with Crippen LogP contribution in [0.2, 0.25) is 0 Å². The molecular weight excluding hydrogens is 267 g/mol. The smallest absolute Gasteiger partial charge is 0.353 e. The molecule has 0 saturated carbocycles. The third-order valence-corrected chi connectivity index (χ3v) is 2.77. The van der Waals surface area contributed by atoms with Gasteiger partial charge in [-0.1, -0.05) is 6.07 Å². The van der Waals surface area contributed by atoms with E-state index in [1.54, 1.807) is 12.1 Å². The summed E-state index contributed by atoms with van der Waals surface area (Å²) in [6.45, 7) is 0.0963. The Hall–Kier alpha value is -2.41. The van der Waals surface area contributed by atoms with Crippen LogP contribution in [0.3, 0.4) is 0 Å². The van der Waals surface area contributed by atoms with Gasteiger partial charge in [0.2, 0.25) is 0 Å². The van der Waals surface area contributed by atoms with E-state index >= 15 is 0 Å². The van der Waals surface area contributed by atoms with Crippen LogP contribution in [0.1, 0.15) is 16.1 Å². The zero-order chi connectivity index (χ0) is 14.7. The lowest BCUT2D eigenvalue weighted by molar-refractivity contribution is 0.0690. The van der Waals surface area contributed by atoms with Crippen molar-refractivity contribution in [3.8, 4) is 17.0 Å². The number of methoxy groups -OCH3 is 2. The minimum Gasteiger partial charge on any atom is -0.496 e. The first-order valence-electron chi connectivity index (χ1n) is 5.71. The van der Waals surface area contributed by atoms with Crippen molar-refractivity contribution in [2.24, 2.45) is 0 Å². The highest BCUT2D eigenvalue weighted by atomic mass is 19.1. The fraction of sp³-hybridized carbons (Fsp3) is 0.231. The molecule has 2 N–H and O–H groups in total. The van der Waals surface area contributed by atoms with Gasteiger partial charge < -0.3 is 14.6 Å². The Morgan fingerprint density at radius 3 is 2.75 bits per heavy atom. The summed E-state index contributed by atoms with van der Waals surface area (Å²) in [4.78, 5) is 10.8. The van der Waals surface area contributed by atoms with E-state index < -0.39 is 11.8 Å². The molecule has 1 aromatic carbocycles. The third-order valence-electron chi connectivity index (χ3n) is 2.77. The molecule has 6 nitrogen and oxygen atoms in total. The van der Waals surface area contributed by atoms with Gasteiger partial charge in [0.1, 0.15) is 17.3 Å². The molecule has 0 unspecified atom stereocenters. The Bertz CT molecular complexity index is 639. The van der Waals surface area contributed by atoms with Crippen LogP contribution in [0.4, 0.5) is 4.39 Å². The van der Waals surface area contributed by atoms with Gasteiger partial charge in [-0.2, -0.15) is 5.10 Å². The predicted octanol–water partition coefficient (Wildman–Crippen LogP) is 2.07. The van der Waals surface area contributed by atoms with E-state index in [-0.39, 0.29) is 29.3 Å². The average Bonchev–Trinajstić information content (AvgIpc) is 2.90. The van der Waals surface area contributed by atoms with Gasteiger partial charge in [-0.25, -0.2) is 9.18 Å². The molecule has 20 heavy (non-hydrogen) atoms. The molecule has 0 saturated heterocycles. The SMILES string of the molecule is COCc1ccc(OC)c(-c2cc(C(=O)O)[nH]n2)c1F. The molecule has 0 aliphatic heterocycles. The second kappa shape index (κ2) is 5.70. The minimum absolute atomic E-state index is 0.0963. The number of rotatable bonds is 5. The van der Waals surface area contributed by atoms with E-state index in [0.717, 1.165) is 0 Å². The van der Waals surface area contributed by atoms with Crippen molar-refractivity contribution in [3.05, 3.63) is 35.3 Å². The Kier molecular flexibility index (Phi) is 3.99. The minimum atomic E-state index is -1.17. The molecule has 0 spiro atoms. The Morgan fingerprint density at radius 2 is 2.20 bits per heavy atom. The van der Waals surface area contributed by atoms with Gasteiger partial charge in [0.05, 0.1) is 25.0 Å². The molecule has 2 aromatic rings. The van der Waals surface area contributed by atoms with Crippen LogP contribution in [0.5, 0.6) is 5.75 Å². The van der Waals surface area contributed by atoms with Gasteiger partial charge in [-0.3, -0.25) is 5.10 Å². The van der Waals surface area contributed by atoms with Crippen LogP contribution in [-0.4, -0.2) is 35.5 Å². The number of benzene rings is 1. The lowest BCUT2D eigenvalue weighted by Gasteiger charge is -2.10. The maximum Gasteiger partial charge on any atom is 0.353 e. The number of H-pyrrole nitrogens is 1. The number of aromatic nitrogens is 2. The number of hydrogen-bond donors (Lipinski definition) is 2. The Labute approximate surface area is 114 Å². The molecule has 106 valence electrons.